The summed E-state index contributed by atoms with van der Waals surface area (Å²) in [5.74, 6) is 0.466. The first-order valence-electron chi connectivity index (χ1n) is 10.4. The maximum Gasteiger partial charge on any atom is 0.225 e. The number of nitrogen functional groups attached to an aromatic ring is 1. The van der Waals surface area contributed by atoms with Crippen LogP contribution in [0.2, 0.25) is 10.0 Å². The molecule has 0 fully saturated rings. The highest BCUT2D eigenvalue weighted by Crippen LogP contribution is 2.36. The van der Waals surface area contributed by atoms with E-state index in [1.54, 1.807) is 18.2 Å². The molecule has 0 saturated carbocycles. The van der Waals surface area contributed by atoms with E-state index >= 15 is 0 Å². The monoisotopic (exact) mass is 509 g/mol. The number of carbonyl (C=O) groups excluding carboxylic acids is 1. The molecule has 0 aliphatic carbocycles. The summed E-state index contributed by atoms with van der Waals surface area (Å²) < 4.78 is 0. The molecule has 9 heteroatoms. The van der Waals surface area contributed by atoms with E-state index in [2.05, 4.69) is 36.3 Å². The summed E-state index contributed by atoms with van der Waals surface area (Å²) in [7, 11) is 0. The largest absolute Gasteiger partial charge is 0.383 e. The van der Waals surface area contributed by atoms with Crippen LogP contribution in [-0.4, -0.2) is 16.6 Å². The number of nitriles is 2. The molecule has 0 saturated heterocycles. The fraction of sp³-hybridized carbons (Fsp3) is 0.200. The van der Waals surface area contributed by atoms with Crippen LogP contribution in [0.25, 0.3) is 11.1 Å². The van der Waals surface area contributed by atoms with Gasteiger partial charge in [0.2, 0.25) is 5.91 Å². The first kappa shape index (κ1) is 25.4. The van der Waals surface area contributed by atoms with Gasteiger partial charge in [0.05, 0.1) is 16.3 Å². The number of nitrogens with zero attached hydrogens (tertiary/aromatic N) is 3. The molecule has 3 N–H and O–H groups in total. The van der Waals surface area contributed by atoms with Gasteiger partial charge in [-0.3, -0.25) is 4.79 Å². The minimum Gasteiger partial charge on any atom is -0.383 e. The molecule has 0 radical (unpaired) electrons. The van der Waals surface area contributed by atoms with Crippen molar-refractivity contribution in [2.24, 2.45) is 0 Å². The predicted molar refractivity (Wildman–Crippen MR) is 138 cm³/mol. The molecular weight excluding hydrogens is 489 g/mol. The lowest BCUT2D eigenvalue weighted by atomic mass is 9.94. The third-order valence-corrected chi connectivity index (χ3v) is 6.59. The Labute approximate surface area is 212 Å². The second kappa shape index (κ2) is 11.3. The standard InChI is InChI=1S/C25H21Cl2N5OS/c1-14(2)15-3-5-16(6-4-15)23-18(12-28)24(30)32-25(19(23)13-29)34-10-9-22(33)31-21-11-17(26)7-8-20(21)27/h3-8,11,14H,9-10H2,1-2H3,(H2,30,32)(H,31,33). The molecule has 34 heavy (non-hydrogen) atoms. The number of thioether (sulfide) groups is 1. The van der Waals surface area contributed by atoms with Crippen molar-refractivity contribution in [2.75, 3.05) is 16.8 Å². The molecule has 0 bridgehead atoms. The van der Waals surface area contributed by atoms with Gasteiger partial charge in [-0.05, 0) is 35.2 Å². The summed E-state index contributed by atoms with van der Waals surface area (Å²) in [5.41, 5.74) is 9.22. The maximum atomic E-state index is 12.4. The second-order valence-corrected chi connectivity index (χ2v) is 9.63. The normalized spacial score (nSPS) is 10.6. The lowest BCUT2D eigenvalue weighted by molar-refractivity contribution is -0.115. The van der Waals surface area contributed by atoms with E-state index in [4.69, 9.17) is 28.9 Å². The van der Waals surface area contributed by atoms with Crippen LogP contribution in [0.4, 0.5) is 11.5 Å². The first-order valence-corrected chi connectivity index (χ1v) is 12.1. The van der Waals surface area contributed by atoms with Crippen molar-refractivity contribution in [1.82, 2.24) is 4.98 Å². The number of aromatic nitrogens is 1. The van der Waals surface area contributed by atoms with E-state index < -0.39 is 0 Å². The third kappa shape index (κ3) is 5.81. The molecule has 1 amide bonds. The van der Waals surface area contributed by atoms with Crippen molar-refractivity contribution in [3.05, 3.63) is 69.2 Å². The van der Waals surface area contributed by atoms with Gasteiger partial charge >= 0.3 is 0 Å². The summed E-state index contributed by atoms with van der Waals surface area (Å²) in [6, 6.07) is 16.8. The molecule has 2 aromatic carbocycles. The van der Waals surface area contributed by atoms with Crippen LogP contribution in [0.1, 0.15) is 42.9 Å². The predicted octanol–water partition coefficient (Wildman–Crippen LogP) is 6.63. The van der Waals surface area contributed by atoms with E-state index in [1.807, 2.05) is 24.3 Å². The number of benzene rings is 2. The van der Waals surface area contributed by atoms with Gasteiger partial charge in [0.1, 0.15) is 28.5 Å². The zero-order valence-electron chi connectivity index (χ0n) is 18.5. The number of pyridine rings is 1. The zero-order chi connectivity index (χ0) is 24.8. The van der Waals surface area contributed by atoms with Gasteiger partial charge in [0, 0.05) is 22.8 Å². The maximum absolute atomic E-state index is 12.4. The Morgan fingerprint density at radius 3 is 2.41 bits per heavy atom. The molecule has 0 spiro atoms. The highest BCUT2D eigenvalue weighted by molar-refractivity contribution is 7.99. The van der Waals surface area contributed by atoms with Crippen LogP contribution in [0.5, 0.6) is 0 Å². The Bertz CT molecular complexity index is 1310. The Kier molecular flexibility index (Phi) is 8.41. The van der Waals surface area contributed by atoms with Crippen molar-refractivity contribution in [2.45, 2.75) is 31.2 Å². The molecule has 0 unspecified atom stereocenters. The van der Waals surface area contributed by atoms with Gasteiger partial charge in [-0.2, -0.15) is 10.5 Å². The van der Waals surface area contributed by atoms with Crippen molar-refractivity contribution < 1.29 is 4.79 Å². The van der Waals surface area contributed by atoms with Gasteiger partial charge < -0.3 is 11.1 Å². The van der Waals surface area contributed by atoms with E-state index in [9.17, 15) is 15.3 Å². The van der Waals surface area contributed by atoms with Crippen molar-refractivity contribution in [3.63, 3.8) is 0 Å². The van der Waals surface area contributed by atoms with Crippen LogP contribution in [0, 0.1) is 22.7 Å². The molecule has 0 aliphatic rings. The van der Waals surface area contributed by atoms with Crippen molar-refractivity contribution >= 4 is 52.4 Å². The van der Waals surface area contributed by atoms with Crippen molar-refractivity contribution in [1.29, 1.82) is 10.5 Å². The summed E-state index contributed by atoms with van der Waals surface area (Å²) >= 11 is 13.3. The molecule has 3 rings (SSSR count). The number of carbonyl (C=O) groups is 1. The molecule has 1 heterocycles. The number of nitrogens with one attached hydrogen (secondary N) is 1. The summed E-state index contributed by atoms with van der Waals surface area (Å²) in [5, 5.41) is 23.5. The van der Waals surface area contributed by atoms with Crippen LogP contribution in [0.15, 0.2) is 47.5 Å². The quantitative estimate of drug-likeness (QED) is 0.345. The number of hydrogen-bond acceptors (Lipinski definition) is 6. The SMILES string of the molecule is CC(C)c1ccc(-c2c(C#N)c(N)nc(SCCC(=O)Nc3cc(Cl)ccc3Cl)c2C#N)cc1. The fourth-order valence-corrected chi connectivity index (χ4v) is 4.54. The van der Waals surface area contributed by atoms with Crippen LogP contribution < -0.4 is 11.1 Å². The molecule has 0 atom stereocenters. The van der Waals surface area contributed by atoms with Gasteiger partial charge in [0.15, 0.2) is 0 Å². The molecule has 172 valence electrons. The molecule has 3 aromatic rings. The third-order valence-electron chi connectivity index (χ3n) is 5.05. The lowest BCUT2D eigenvalue weighted by Gasteiger charge is -2.14. The Hall–Kier alpha value is -3.23. The topological polar surface area (TPSA) is 116 Å². The highest BCUT2D eigenvalue weighted by Gasteiger charge is 2.21. The summed E-state index contributed by atoms with van der Waals surface area (Å²) in [4.78, 5) is 16.7. The molecule has 1 aromatic heterocycles. The number of halogens is 2. The first-order chi connectivity index (χ1) is 16.2. The second-order valence-electron chi connectivity index (χ2n) is 7.70. The number of anilines is 2. The van der Waals surface area contributed by atoms with Crippen LogP contribution in [-0.2, 0) is 4.79 Å². The van der Waals surface area contributed by atoms with E-state index in [0.29, 0.717) is 43.6 Å². The number of nitrogens with two attached hydrogens (primary N) is 1. The van der Waals surface area contributed by atoms with E-state index in [0.717, 1.165) is 5.56 Å². The Morgan fingerprint density at radius 2 is 1.79 bits per heavy atom. The summed E-state index contributed by atoms with van der Waals surface area (Å²) in [6.45, 7) is 4.18. The Morgan fingerprint density at radius 1 is 1.12 bits per heavy atom. The molecule has 0 aliphatic heterocycles. The molecular formula is C25H21Cl2N5OS. The average Bonchev–Trinajstić information content (AvgIpc) is 2.81. The summed E-state index contributed by atoms with van der Waals surface area (Å²) in [6.07, 6.45) is 0.137. The highest BCUT2D eigenvalue weighted by atomic mass is 35.5. The van der Waals surface area contributed by atoms with Crippen molar-refractivity contribution in [3.8, 4) is 23.3 Å². The lowest BCUT2D eigenvalue weighted by Crippen LogP contribution is -2.12. The fourth-order valence-electron chi connectivity index (χ4n) is 3.27. The minimum absolute atomic E-state index is 0.0436. The Balaban J connectivity index is 1.83. The van der Waals surface area contributed by atoms with Gasteiger partial charge in [-0.1, -0.05) is 61.3 Å². The number of amides is 1. The van der Waals surface area contributed by atoms with E-state index in [-0.39, 0.29) is 29.3 Å². The van der Waals surface area contributed by atoms with Gasteiger partial charge in [-0.15, -0.1) is 11.8 Å². The average molecular weight is 510 g/mol. The van der Waals surface area contributed by atoms with Crippen LogP contribution >= 0.6 is 35.0 Å². The number of rotatable bonds is 7. The van der Waals surface area contributed by atoms with Gasteiger partial charge in [-0.25, -0.2) is 4.98 Å². The van der Waals surface area contributed by atoms with Crippen LogP contribution in [0.3, 0.4) is 0 Å². The van der Waals surface area contributed by atoms with Gasteiger partial charge in [0.25, 0.3) is 0 Å². The van der Waals surface area contributed by atoms with E-state index in [1.165, 1.54) is 11.8 Å². The molecule has 6 nitrogen and oxygen atoms in total. The smallest absolute Gasteiger partial charge is 0.225 e. The number of hydrogen-bond donors (Lipinski definition) is 2. The minimum atomic E-state index is -0.263. The zero-order valence-corrected chi connectivity index (χ0v) is 20.9.